The minimum absolute atomic E-state index is 0.00639. The van der Waals surface area contributed by atoms with E-state index in [1.54, 1.807) is 7.11 Å². The summed E-state index contributed by atoms with van der Waals surface area (Å²) in [5.74, 6) is -0.623. The summed E-state index contributed by atoms with van der Waals surface area (Å²) < 4.78 is 32.8. The zero-order valence-electron chi connectivity index (χ0n) is 21.1. The van der Waals surface area contributed by atoms with E-state index in [1.807, 2.05) is 38.1 Å². The Morgan fingerprint density at radius 3 is 2.42 bits per heavy atom. The Labute approximate surface area is 213 Å². The molecule has 0 aliphatic rings. The summed E-state index contributed by atoms with van der Waals surface area (Å²) in [7, 11) is -2.44. The molecule has 0 aromatic heterocycles. The highest BCUT2D eigenvalue weighted by Gasteiger charge is 2.35. The maximum atomic E-state index is 13.3. The number of carbonyl (C=O) groups excluding carboxylic acids is 1. The van der Waals surface area contributed by atoms with Gasteiger partial charge in [0.15, 0.2) is 0 Å². The number of methoxy groups -OCH3 is 1. The number of carboxylic acids is 1. The van der Waals surface area contributed by atoms with Crippen molar-refractivity contribution in [1.29, 1.82) is 0 Å². The largest absolute Gasteiger partial charge is 0.497 e. The molecule has 1 amide bonds. The lowest BCUT2D eigenvalue weighted by molar-refractivity contribution is -0.142. The highest BCUT2D eigenvalue weighted by molar-refractivity contribution is 7.89. The maximum absolute atomic E-state index is 13.3. The highest BCUT2D eigenvalue weighted by atomic mass is 32.2. The van der Waals surface area contributed by atoms with Crippen LogP contribution in [0.25, 0.3) is 0 Å². The van der Waals surface area contributed by atoms with E-state index in [9.17, 15) is 23.1 Å². The van der Waals surface area contributed by atoms with Crippen LogP contribution in [0.2, 0.25) is 0 Å². The zero-order chi connectivity index (χ0) is 26.7. The monoisotopic (exact) mass is 519 g/mol. The third kappa shape index (κ3) is 8.83. The number of carboxylic acid groups (broad SMARTS) is 1. The van der Waals surface area contributed by atoms with E-state index in [1.165, 1.54) is 24.3 Å². The number of nitrogens with zero attached hydrogens (tertiary/aromatic N) is 1. The van der Waals surface area contributed by atoms with Crippen LogP contribution in [0.4, 0.5) is 5.69 Å². The number of carbonyl (C=O) groups is 2. The Morgan fingerprint density at radius 1 is 1.11 bits per heavy atom. The van der Waals surface area contributed by atoms with Crippen molar-refractivity contribution >= 4 is 27.6 Å². The fourth-order valence-corrected chi connectivity index (χ4v) is 5.56. The summed E-state index contributed by atoms with van der Waals surface area (Å²) in [4.78, 5) is 24.3. The van der Waals surface area contributed by atoms with Crippen molar-refractivity contribution in [2.45, 2.75) is 56.9 Å². The molecular weight excluding hydrogens is 482 g/mol. The molecule has 0 saturated heterocycles. The van der Waals surface area contributed by atoms with E-state index in [0.29, 0.717) is 37.9 Å². The SMILES string of the molecule is COc1cccc(CCC(=O)NCCCC[C@@H](C(=O)O)N(CC(C)C)S(=O)(=O)c2ccc(N)cc2)c1. The molecule has 198 valence electrons. The molecule has 36 heavy (non-hydrogen) atoms. The van der Waals surface area contributed by atoms with Gasteiger partial charge in [-0.1, -0.05) is 26.0 Å². The summed E-state index contributed by atoms with van der Waals surface area (Å²) in [6.07, 6.45) is 2.02. The summed E-state index contributed by atoms with van der Waals surface area (Å²) in [6.45, 7) is 4.14. The number of ether oxygens (including phenoxy) is 1. The van der Waals surface area contributed by atoms with Crippen LogP contribution < -0.4 is 15.8 Å². The van der Waals surface area contributed by atoms with Crippen LogP contribution >= 0.6 is 0 Å². The van der Waals surface area contributed by atoms with Crippen LogP contribution in [0.1, 0.15) is 45.1 Å². The lowest BCUT2D eigenvalue weighted by atomic mass is 10.1. The Kier molecular flexibility index (Phi) is 11.2. The van der Waals surface area contributed by atoms with Gasteiger partial charge in [0, 0.05) is 25.2 Å². The van der Waals surface area contributed by atoms with E-state index in [2.05, 4.69) is 5.32 Å². The van der Waals surface area contributed by atoms with Crippen molar-refractivity contribution in [3.63, 3.8) is 0 Å². The molecule has 9 nitrogen and oxygen atoms in total. The zero-order valence-corrected chi connectivity index (χ0v) is 22.0. The number of nitrogen functional groups attached to an aromatic ring is 1. The third-order valence-electron chi connectivity index (χ3n) is 5.67. The number of hydrogen-bond acceptors (Lipinski definition) is 6. The molecule has 0 bridgehead atoms. The summed E-state index contributed by atoms with van der Waals surface area (Å²) >= 11 is 0. The summed E-state index contributed by atoms with van der Waals surface area (Å²) in [6, 6.07) is 12.1. The number of anilines is 1. The minimum Gasteiger partial charge on any atom is -0.497 e. The van der Waals surface area contributed by atoms with Gasteiger partial charge in [0.1, 0.15) is 11.8 Å². The minimum atomic E-state index is -4.03. The van der Waals surface area contributed by atoms with Crippen LogP contribution in [0, 0.1) is 5.92 Å². The summed E-state index contributed by atoms with van der Waals surface area (Å²) in [5.41, 5.74) is 7.10. The predicted octanol–water partition coefficient (Wildman–Crippen LogP) is 3.30. The van der Waals surface area contributed by atoms with Gasteiger partial charge in [-0.3, -0.25) is 9.59 Å². The van der Waals surface area contributed by atoms with Crippen molar-refractivity contribution < 1.29 is 27.9 Å². The van der Waals surface area contributed by atoms with Gasteiger partial charge in [-0.05, 0) is 73.6 Å². The van der Waals surface area contributed by atoms with Gasteiger partial charge in [-0.2, -0.15) is 4.31 Å². The quantitative estimate of drug-likeness (QED) is 0.242. The number of aryl methyl sites for hydroxylation is 1. The number of unbranched alkanes of at least 4 members (excludes halogenated alkanes) is 1. The number of hydrogen-bond donors (Lipinski definition) is 3. The molecule has 4 N–H and O–H groups in total. The van der Waals surface area contributed by atoms with Gasteiger partial charge in [-0.25, -0.2) is 8.42 Å². The standard InChI is InChI=1S/C26H37N3O6S/c1-19(2)18-29(36(33,34)23-13-11-21(27)12-14-23)24(26(31)32)9-4-5-16-28-25(30)15-10-20-7-6-8-22(17-20)35-3/h6-8,11-14,17,19,24H,4-5,9-10,15-16,18,27H2,1-3H3,(H,28,30)(H,31,32)/t24-/m0/s1. The topological polar surface area (TPSA) is 139 Å². The molecule has 10 heteroatoms. The first kappa shape index (κ1) is 29.1. The molecule has 2 aromatic rings. The normalized spacial score (nSPS) is 12.5. The molecule has 2 rings (SSSR count). The number of nitrogens with two attached hydrogens (primary N) is 1. The first-order valence-corrected chi connectivity index (χ1v) is 13.5. The molecule has 0 spiro atoms. The Bertz CT molecular complexity index is 1100. The molecule has 1 atom stereocenters. The number of nitrogens with one attached hydrogen (secondary N) is 1. The Hall–Kier alpha value is -3.11. The molecule has 0 aliphatic heterocycles. The Balaban J connectivity index is 1.91. The second kappa shape index (κ2) is 13.8. The third-order valence-corrected chi connectivity index (χ3v) is 7.55. The first-order chi connectivity index (χ1) is 17.0. The van der Waals surface area contributed by atoms with Gasteiger partial charge in [-0.15, -0.1) is 0 Å². The van der Waals surface area contributed by atoms with Crippen molar-refractivity contribution in [1.82, 2.24) is 9.62 Å². The number of benzene rings is 2. The first-order valence-electron chi connectivity index (χ1n) is 12.0. The molecule has 0 fully saturated rings. The number of amides is 1. The number of sulfonamides is 1. The average Bonchev–Trinajstić information content (AvgIpc) is 2.83. The van der Waals surface area contributed by atoms with Gasteiger partial charge in [0.25, 0.3) is 0 Å². The molecular formula is C26H37N3O6S. The van der Waals surface area contributed by atoms with E-state index >= 15 is 0 Å². The second-order valence-electron chi connectivity index (χ2n) is 9.09. The highest BCUT2D eigenvalue weighted by Crippen LogP contribution is 2.23. The van der Waals surface area contributed by atoms with Crippen molar-refractivity contribution in [2.75, 3.05) is 25.9 Å². The fourth-order valence-electron chi connectivity index (χ4n) is 3.78. The van der Waals surface area contributed by atoms with Gasteiger partial charge in [0.2, 0.25) is 15.9 Å². The molecule has 0 radical (unpaired) electrons. The van der Waals surface area contributed by atoms with Gasteiger partial charge >= 0.3 is 5.97 Å². The molecule has 0 heterocycles. The second-order valence-corrected chi connectivity index (χ2v) is 11.0. The van der Waals surface area contributed by atoms with Crippen LogP contribution in [0.3, 0.4) is 0 Å². The van der Waals surface area contributed by atoms with Crippen LogP contribution in [0.5, 0.6) is 5.75 Å². The number of rotatable bonds is 15. The smallest absolute Gasteiger partial charge is 0.322 e. The lowest BCUT2D eigenvalue weighted by Crippen LogP contribution is -2.46. The van der Waals surface area contributed by atoms with E-state index in [4.69, 9.17) is 10.5 Å². The van der Waals surface area contributed by atoms with Crippen LogP contribution in [-0.4, -0.2) is 55.9 Å². The van der Waals surface area contributed by atoms with Crippen molar-refractivity contribution in [3.05, 3.63) is 54.1 Å². The van der Waals surface area contributed by atoms with Gasteiger partial charge in [0.05, 0.1) is 12.0 Å². The molecule has 0 aliphatic carbocycles. The van der Waals surface area contributed by atoms with Gasteiger partial charge < -0.3 is 20.9 Å². The van der Waals surface area contributed by atoms with E-state index < -0.39 is 22.0 Å². The predicted molar refractivity (Wildman–Crippen MR) is 139 cm³/mol. The van der Waals surface area contributed by atoms with Crippen LogP contribution in [0.15, 0.2) is 53.4 Å². The van der Waals surface area contributed by atoms with Crippen molar-refractivity contribution in [3.8, 4) is 5.75 Å². The lowest BCUT2D eigenvalue weighted by Gasteiger charge is -2.29. The number of aliphatic carboxylic acids is 1. The Morgan fingerprint density at radius 2 is 1.81 bits per heavy atom. The van der Waals surface area contributed by atoms with E-state index in [0.717, 1.165) is 15.6 Å². The molecule has 2 aromatic carbocycles. The molecule has 0 saturated carbocycles. The maximum Gasteiger partial charge on any atom is 0.322 e. The molecule has 0 unspecified atom stereocenters. The van der Waals surface area contributed by atoms with Crippen LogP contribution in [-0.2, 0) is 26.0 Å². The van der Waals surface area contributed by atoms with E-state index in [-0.39, 0.29) is 29.7 Å². The average molecular weight is 520 g/mol. The summed E-state index contributed by atoms with van der Waals surface area (Å²) in [5, 5.41) is 12.7. The fraction of sp³-hybridized carbons (Fsp3) is 0.462. The van der Waals surface area contributed by atoms with Crippen molar-refractivity contribution in [2.24, 2.45) is 5.92 Å².